The van der Waals surface area contributed by atoms with Gasteiger partial charge in [0.15, 0.2) is 0 Å². The van der Waals surface area contributed by atoms with Crippen molar-refractivity contribution in [3.63, 3.8) is 0 Å². The van der Waals surface area contributed by atoms with Gasteiger partial charge in [-0.05, 0) is 48.7 Å². The van der Waals surface area contributed by atoms with Gasteiger partial charge in [0.2, 0.25) is 16.0 Å². The predicted octanol–water partition coefficient (Wildman–Crippen LogP) is 1.27. The highest BCUT2D eigenvalue weighted by Crippen LogP contribution is 2.20. The number of aromatic nitrogens is 4. The van der Waals surface area contributed by atoms with E-state index in [9.17, 15) is 8.42 Å². The Bertz CT molecular complexity index is 794. The maximum Gasteiger partial charge on any atom is 0.250 e. The molecule has 0 aliphatic carbocycles. The van der Waals surface area contributed by atoms with E-state index in [-0.39, 0.29) is 11.8 Å². The van der Waals surface area contributed by atoms with Gasteiger partial charge in [-0.3, -0.25) is 0 Å². The Morgan fingerprint density at radius 3 is 2.52 bits per heavy atom. The molecule has 1 fully saturated rings. The van der Waals surface area contributed by atoms with Crippen LogP contribution in [0.1, 0.15) is 31.7 Å². The molecule has 0 unspecified atom stereocenters. The van der Waals surface area contributed by atoms with E-state index in [1.165, 1.54) is 5.56 Å². The highest BCUT2D eigenvalue weighted by molar-refractivity contribution is 7.89. The smallest absolute Gasteiger partial charge is 0.250 e. The first kappa shape index (κ1) is 17.8. The van der Waals surface area contributed by atoms with Crippen molar-refractivity contribution in [2.75, 3.05) is 23.7 Å². The van der Waals surface area contributed by atoms with Crippen LogP contribution >= 0.6 is 0 Å². The van der Waals surface area contributed by atoms with E-state index in [0.29, 0.717) is 25.5 Å². The van der Waals surface area contributed by atoms with Gasteiger partial charge in [-0.25, -0.2) is 13.1 Å². The predicted molar refractivity (Wildman–Crippen MR) is 96.3 cm³/mol. The molecule has 1 saturated heterocycles. The molecular weight excluding hydrogens is 340 g/mol. The Balaban J connectivity index is 1.66. The maximum atomic E-state index is 11.9. The van der Waals surface area contributed by atoms with Crippen molar-refractivity contribution in [1.29, 1.82) is 0 Å². The quantitative estimate of drug-likeness (QED) is 0.830. The molecule has 136 valence electrons. The van der Waals surface area contributed by atoms with E-state index in [2.05, 4.69) is 25.1 Å². The number of hydrogen-bond acceptors (Lipinski definition) is 6. The second-order valence-corrected chi connectivity index (χ2v) is 8.30. The minimum Gasteiger partial charge on any atom is -0.339 e. The molecule has 1 aliphatic heterocycles. The normalized spacial score (nSPS) is 16.3. The maximum absolute atomic E-state index is 11.9. The van der Waals surface area contributed by atoms with E-state index in [1.54, 1.807) is 4.68 Å². The zero-order valence-electron chi connectivity index (χ0n) is 14.6. The number of sulfonamides is 1. The van der Waals surface area contributed by atoms with Gasteiger partial charge >= 0.3 is 0 Å². The zero-order chi connectivity index (χ0) is 17.9. The molecule has 0 saturated carbocycles. The van der Waals surface area contributed by atoms with Gasteiger partial charge in [-0.2, -0.15) is 4.68 Å². The van der Waals surface area contributed by atoms with Gasteiger partial charge in [-0.15, -0.1) is 0 Å². The highest BCUT2D eigenvalue weighted by Gasteiger charge is 2.26. The molecule has 9 heteroatoms. The minimum absolute atomic E-state index is 0.0171. The lowest BCUT2D eigenvalue weighted by Crippen LogP contribution is -2.45. The summed E-state index contributed by atoms with van der Waals surface area (Å²) in [6, 6.07) is 8.00. The van der Waals surface area contributed by atoms with Gasteiger partial charge in [0.05, 0.1) is 11.4 Å². The third kappa shape index (κ3) is 4.35. The Morgan fingerprint density at radius 2 is 1.88 bits per heavy atom. The van der Waals surface area contributed by atoms with Crippen LogP contribution < -0.4 is 9.62 Å². The molecule has 0 bridgehead atoms. The summed E-state index contributed by atoms with van der Waals surface area (Å²) >= 11 is 0. The molecule has 0 amide bonds. The second kappa shape index (κ2) is 7.49. The first-order valence-corrected chi connectivity index (χ1v) is 10.2. The Hall–Kier alpha value is -2.00. The lowest BCUT2D eigenvalue weighted by atomic mass is 10.1. The molecule has 0 radical (unpaired) electrons. The standard InChI is InChI=1S/C16H24N6O2S/c1-3-12-25(23,24)18-14-8-10-21(11-9-14)16-17-19-20-22(16)15-6-4-13(2)5-7-15/h4-7,14,18H,3,8-12H2,1-2H3. The molecule has 8 nitrogen and oxygen atoms in total. The van der Waals surface area contributed by atoms with Crippen LogP contribution in [-0.4, -0.2) is 53.5 Å². The first-order chi connectivity index (χ1) is 12.0. The van der Waals surface area contributed by atoms with Crippen molar-refractivity contribution in [2.45, 2.75) is 39.2 Å². The molecule has 1 aliphatic rings. The fraction of sp³-hybridized carbons (Fsp3) is 0.562. The largest absolute Gasteiger partial charge is 0.339 e. The number of tetrazole rings is 1. The lowest BCUT2D eigenvalue weighted by molar-refractivity contribution is 0.454. The van der Waals surface area contributed by atoms with Crippen molar-refractivity contribution >= 4 is 16.0 Å². The minimum atomic E-state index is -3.17. The molecule has 25 heavy (non-hydrogen) atoms. The summed E-state index contributed by atoms with van der Waals surface area (Å²) in [5, 5.41) is 12.1. The molecule has 1 N–H and O–H groups in total. The first-order valence-electron chi connectivity index (χ1n) is 8.59. The van der Waals surface area contributed by atoms with E-state index in [4.69, 9.17) is 0 Å². The van der Waals surface area contributed by atoms with E-state index in [0.717, 1.165) is 18.5 Å². The number of benzene rings is 1. The van der Waals surface area contributed by atoms with Gasteiger partial charge in [0.1, 0.15) is 0 Å². The fourth-order valence-electron chi connectivity index (χ4n) is 3.01. The van der Waals surface area contributed by atoms with Crippen molar-refractivity contribution < 1.29 is 8.42 Å². The monoisotopic (exact) mass is 364 g/mol. The molecule has 3 rings (SSSR count). The molecule has 0 atom stereocenters. The summed E-state index contributed by atoms with van der Waals surface area (Å²) in [5.41, 5.74) is 2.09. The summed E-state index contributed by atoms with van der Waals surface area (Å²) < 4.78 is 28.4. The van der Waals surface area contributed by atoms with Gasteiger partial charge in [0.25, 0.3) is 0 Å². The molecule has 0 spiro atoms. The summed E-state index contributed by atoms with van der Waals surface area (Å²) in [7, 11) is -3.17. The molecule has 1 aromatic carbocycles. The van der Waals surface area contributed by atoms with Crippen LogP contribution in [0.4, 0.5) is 5.95 Å². The van der Waals surface area contributed by atoms with Crippen molar-refractivity contribution in [2.24, 2.45) is 0 Å². The Kier molecular flexibility index (Phi) is 5.33. The number of rotatable bonds is 6. The average Bonchev–Trinajstić information content (AvgIpc) is 3.05. The van der Waals surface area contributed by atoms with Crippen LogP contribution in [0.2, 0.25) is 0 Å². The number of anilines is 1. The lowest BCUT2D eigenvalue weighted by Gasteiger charge is -2.32. The third-order valence-electron chi connectivity index (χ3n) is 4.33. The summed E-state index contributed by atoms with van der Waals surface area (Å²) in [4.78, 5) is 2.10. The van der Waals surface area contributed by atoms with Crippen LogP contribution in [-0.2, 0) is 10.0 Å². The zero-order valence-corrected chi connectivity index (χ0v) is 15.4. The number of aryl methyl sites for hydroxylation is 1. The molecule has 1 aromatic heterocycles. The van der Waals surface area contributed by atoms with Crippen LogP contribution in [0.5, 0.6) is 0 Å². The van der Waals surface area contributed by atoms with Crippen LogP contribution in [0, 0.1) is 6.92 Å². The topological polar surface area (TPSA) is 93.0 Å². The highest BCUT2D eigenvalue weighted by atomic mass is 32.2. The van der Waals surface area contributed by atoms with Crippen molar-refractivity contribution in [1.82, 2.24) is 24.9 Å². The van der Waals surface area contributed by atoms with E-state index >= 15 is 0 Å². The SMILES string of the molecule is CCCS(=O)(=O)NC1CCN(c2nnnn2-c2ccc(C)cc2)CC1. The number of hydrogen-bond donors (Lipinski definition) is 1. The average molecular weight is 364 g/mol. The molecular formula is C16H24N6O2S. The third-order valence-corrected chi connectivity index (χ3v) is 5.97. The number of piperidine rings is 1. The number of nitrogens with one attached hydrogen (secondary N) is 1. The van der Waals surface area contributed by atoms with E-state index in [1.807, 2.05) is 38.1 Å². The van der Waals surface area contributed by atoms with Gasteiger partial charge in [0, 0.05) is 19.1 Å². The van der Waals surface area contributed by atoms with Crippen molar-refractivity contribution in [3.8, 4) is 5.69 Å². The van der Waals surface area contributed by atoms with Crippen molar-refractivity contribution in [3.05, 3.63) is 29.8 Å². The van der Waals surface area contributed by atoms with Crippen LogP contribution in [0.25, 0.3) is 5.69 Å². The molecule has 2 heterocycles. The fourth-order valence-corrected chi connectivity index (χ4v) is 4.41. The second-order valence-electron chi connectivity index (χ2n) is 6.42. The summed E-state index contributed by atoms with van der Waals surface area (Å²) in [5.74, 6) is 0.873. The Morgan fingerprint density at radius 1 is 1.20 bits per heavy atom. The summed E-state index contributed by atoms with van der Waals surface area (Å²) in [6.45, 7) is 5.33. The van der Waals surface area contributed by atoms with E-state index < -0.39 is 10.0 Å². The van der Waals surface area contributed by atoms with Crippen LogP contribution in [0.15, 0.2) is 24.3 Å². The van der Waals surface area contributed by atoms with Gasteiger partial charge in [-0.1, -0.05) is 29.7 Å². The molecule has 2 aromatic rings. The van der Waals surface area contributed by atoms with Crippen LogP contribution in [0.3, 0.4) is 0 Å². The van der Waals surface area contributed by atoms with Gasteiger partial charge < -0.3 is 4.90 Å². The Labute approximate surface area is 148 Å². The number of nitrogens with zero attached hydrogens (tertiary/aromatic N) is 5. The summed E-state index contributed by atoms with van der Waals surface area (Å²) in [6.07, 6.45) is 2.10.